The fourth-order valence-corrected chi connectivity index (χ4v) is 4.20. The normalized spacial score (nSPS) is 12.2. The second-order valence-corrected chi connectivity index (χ2v) is 8.14. The summed E-state index contributed by atoms with van der Waals surface area (Å²) in [7, 11) is -3.03. The minimum atomic E-state index is -3.03. The van der Waals surface area contributed by atoms with Gasteiger partial charge in [0.1, 0.15) is 5.82 Å². The van der Waals surface area contributed by atoms with Gasteiger partial charge in [0.2, 0.25) is 0 Å². The zero-order valence-corrected chi connectivity index (χ0v) is 15.7. The first-order chi connectivity index (χ1) is 9.97. The SMILES string of the molecule is CCOP(=O)(CCc1nc2cc(I)c(Cl)cc2[nH]1)OCC. The summed E-state index contributed by atoms with van der Waals surface area (Å²) in [4.78, 5) is 7.68. The van der Waals surface area contributed by atoms with Crippen LogP contribution in [0.25, 0.3) is 11.0 Å². The van der Waals surface area contributed by atoms with Crippen molar-refractivity contribution < 1.29 is 13.6 Å². The van der Waals surface area contributed by atoms with Gasteiger partial charge in [-0.2, -0.15) is 0 Å². The number of fused-ring (bicyclic) bond motifs is 1. The van der Waals surface area contributed by atoms with Crippen LogP contribution in [0.15, 0.2) is 12.1 Å². The predicted octanol–water partition coefficient (Wildman–Crippen LogP) is 4.63. The molecule has 0 radical (unpaired) electrons. The molecule has 2 rings (SSSR count). The number of halogens is 2. The molecule has 2 aromatic rings. The summed E-state index contributed by atoms with van der Waals surface area (Å²) >= 11 is 8.26. The van der Waals surface area contributed by atoms with Crippen LogP contribution in [0.4, 0.5) is 0 Å². The average molecular weight is 443 g/mol. The van der Waals surface area contributed by atoms with E-state index in [4.69, 9.17) is 20.6 Å². The minimum Gasteiger partial charge on any atom is -0.342 e. The fraction of sp³-hybridized carbons (Fsp3) is 0.462. The number of imidazole rings is 1. The molecular formula is C13H17ClIN2O3P. The van der Waals surface area contributed by atoms with E-state index in [2.05, 4.69) is 32.6 Å². The van der Waals surface area contributed by atoms with Crippen LogP contribution in [0, 0.1) is 3.57 Å². The highest BCUT2D eigenvalue weighted by Crippen LogP contribution is 2.48. The Morgan fingerprint density at radius 2 is 2.00 bits per heavy atom. The summed E-state index contributed by atoms with van der Waals surface area (Å²) in [6, 6.07) is 3.77. The van der Waals surface area contributed by atoms with E-state index in [0.29, 0.717) is 30.8 Å². The van der Waals surface area contributed by atoms with Crippen molar-refractivity contribution in [2.45, 2.75) is 20.3 Å². The van der Waals surface area contributed by atoms with Crippen molar-refractivity contribution in [3.8, 4) is 0 Å². The smallest absolute Gasteiger partial charge is 0.331 e. The molecule has 1 aromatic heterocycles. The van der Waals surface area contributed by atoms with E-state index < -0.39 is 7.60 Å². The van der Waals surface area contributed by atoms with E-state index in [1.165, 1.54) is 0 Å². The first-order valence-corrected chi connectivity index (χ1v) is 9.87. The highest BCUT2D eigenvalue weighted by atomic mass is 127. The summed E-state index contributed by atoms with van der Waals surface area (Å²) in [6.45, 7) is 4.34. The maximum Gasteiger partial charge on any atom is 0.331 e. The van der Waals surface area contributed by atoms with Crippen LogP contribution >= 0.6 is 41.8 Å². The summed E-state index contributed by atoms with van der Waals surface area (Å²) < 4.78 is 23.9. The number of hydrogen-bond donors (Lipinski definition) is 1. The first-order valence-electron chi connectivity index (χ1n) is 6.69. The third kappa shape index (κ3) is 4.42. The molecule has 0 aliphatic heterocycles. The van der Waals surface area contributed by atoms with Crippen LogP contribution in [0.5, 0.6) is 0 Å². The third-order valence-electron chi connectivity index (χ3n) is 2.85. The van der Waals surface area contributed by atoms with Gasteiger partial charge in [-0.05, 0) is 48.6 Å². The van der Waals surface area contributed by atoms with Crippen LogP contribution in [0.1, 0.15) is 19.7 Å². The number of aromatic amines is 1. The second kappa shape index (κ2) is 7.42. The molecule has 0 saturated heterocycles. The molecule has 1 aromatic carbocycles. The van der Waals surface area contributed by atoms with Gasteiger partial charge in [-0.3, -0.25) is 4.57 Å². The molecule has 8 heteroatoms. The number of benzene rings is 1. The summed E-state index contributed by atoms with van der Waals surface area (Å²) in [5.74, 6) is 0.752. The number of aromatic nitrogens is 2. The van der Waals surface area contributed by atoms with Gasteiger partial charge in [0.15, 0.2) is 0 Å². The molecule has 0 unspecified atom stereocenters. The predicted molar refractivity (Wildman–Crippen MR) is 93.3 cm³/mol. The maximum absolute atomic E-state index is 12.4. The van der Waals surface area contributed by atoms with Crippen LogP contribution in [-0.2, 0) is 20.0 Å². The van der Waals surface area contributed by atoms with Gasteiger partial charge in [-0.15, -0.1) is 0 Å². The first kappa shape index (κ1) is 17.2. The van der Waals surface area contributed by atoms with Gasteiger partial charge in [-0.25, -0.2) is 4.98 Å². The minimum absolute atomic E-state index is 0.305. The zero-order valence-electron chi connectivity index (χ0n) is 11.9. The molecule has 0 aliphatic rings. The lowest BCUT2D eigenvalue weighted by atomic mass is 10.3. The molecule has 1 heterocycles. The Labute approximate surface area is 142 Å². The van der Waals surface area contributed by atoms with E-state index in [9.17, 15) is 4.57 Å². The molecule has 0 bridgehead atoms. The highest BCUT2D eigenvalue weighted by molar-refractivity contribution is 14.1. The lowest BCUT2D eigenvalue weighted by Gasteiger charge is -2.15. The van der Waals surface area contributed by atoms with Crippen LogP contribution in [-0.4, -0.2) is 29.3 Å². The number of nitrogens with one attached hydrogen (secondary N) is 1. The lowest BCUT2D eigenvalue weighted by Crippen LogP contribution is -2.03. The van der Waals surface area contributed by atoms with Crippen molar-refractivity contribution in [1.82, 2.24) is 9.97 Å². The molecule has 0 aliphatic carbocycles. The van der Waals surface area contributed by atoms with Crippen molar-refractivity contribution in [3.05, 3.63) is 26.5 Å². The second-order valence-electron chi connectivity index (χ2n) is 4.39. The number of rotatable bonds is 7. The van der Waals surface area contributed by atoms with Gasteiger partial charge < -0.3 is 14.0 Å². The zero-order chi connectivity index (χ0) is 15.5. The molecular weight excluding hydrogens is 425 g/mol. The molecule has 0 amide bonds. The standard InChI is InChI=1S/C13H17ClIN2O3P/c1-3-19-21(18,20-4-2)6-5-13-16-11-7-9(14)10(15)8-12(11)17-13/h7-8H,3-6H2,1-2H3,(H,16,17). The van der Waals surface area contributed by atoms with E-state index in [-0.39, 0.29) is 0 Å². The monoisotopic (exact) mass is 442 g/mol. The number of nitrogens with zero attached hydrogens (tertiary/aromatic N) is 1. The molecule has 5 nitrogen and oxygen atoms in total. The summed E-state index contributed by atoms with van der Waals surface area (Å²) in [6.07, 6.45) is 0.805. The van der Waals surface area contributed by atoms with Gasteiger partial charge in [0.05, 0.1) is 35.4 Å². The molecule has 0 atom stereocenters. The Bertz CT molecular complexity index is 628. The molecule has 0 fully saturated rings. The van der Waals surface area contributed by atoms with Crippen molar-refractivity contribution in [1.29, 1.82) is 0 Å². The number of H-pyrrole nitrogens is 1. The van der Waals surface area contributed by atoms with E-state index in [1.54, 1.807) is 13.8 Å². The Balaban J connectivity index is 2.14. The van der Waals surface area contributed by atoms with Gasteiger partial charge >= 0.3 is 7.60 Å². The van der Waals surface area contributed by atoms with Crippen molar-refractivity contribution in [3.63, 3.8) is 0 Å². The molecule has 0 saturated carbocycles. The Hall–Kier alpha value is -0.140. The fourth-order valence-electron chi connectivity index (χ4n) is 1.98. The van der Waals surface area contributed by atoms with Gasteiger partial charge in [0, 0.05) is 9.99 Å². The molecule has 116 valence electrons. The Morgan fingerprint density at radius 1 is 1.33 bits per heavy atom. The van der Waals surface area contributed by atoms with Crippen LogP contribution in [0.2, 0.25) is 5.02 Å². The van der Waals surface area contributed by atoms with Crippen molar-refractivity contribution in [2.24, 2.45) is 0 Å². The van der Waals surface area contributed by atoms with Crippen LogP contribution < -0.4 is 0 Å². The molecule has 0 spiro atoms. The quantitative estimate of drug-likeness (QED) is 0.502. The Morgan fingerprint density at radius 3 is 2.62 bits per heavy atom. The van der Waals surface area contributed by atoms with E-state index in [0.717, 1.165) is 20.4 Å². The molecule has 21 heavy (non-hydrogen) atoms. The van der Waals surface area contributed by atoms with Crippen LogP contribution in [0.3, 0.4) is 0 Å². The average Bonchev–Trinajstić information content (AvgIpc) is 2.80. The summed E-state index contributed by atoms with van der Waals surface area (Å²) in [5.41, 5.74) is 1.72. The topological polar surface area (TPSA) is 64.2 Å². The lowest BCUT2D eigenvalue weighted by molar-refractivity contribution is 0.220. The highest BCUT2D eigenvalue weighted by Gasteiger charge is 2.23. The number of aryl methyl sites for hydroxylation is 1. The van der Waals surface area contributed by atoms with E-state index >= 15 is 0 Å². The molecule has 1 N–H and O–H groups in total. The van der Waals surface area contributed by atoms with Crippen molar-refractivity contribution >= 4 is 52.8 Å². The van der Waals surface area contributed by atoms with Gasteiger partial charge in [-0.1, -0.05) is 11.6 Å². The third-order valence-corrected chi connectivity index (χ3v) is 6.45. The van der Waals surface area contributed by atoms with Crippen molar-refractivity contribution in [2.75, 3.05) is 19.4 Å². The largest absolute Gasteiger partial charge is 0.342 e. The summed E-state index contributed by atoms with van der Waals surface area (Å²) in [5, 5.41) is 0.688. The maximum atomic E-state index is 12.4. The number of hydrogen-bond acceptors (Lipinski definition) is 4. The van der Waals surface area contributed by atoms with E-state index in [1.807, 2.05) is 12.1 Å². The Kier molecular flexibility index (Phi) is 6.08. The van der Waals surface area contributed by atoms with Gasteiger partial charge in [0.25, 0.3) is 0 Å².